The number of methoxy groups -OCH3 is 2. The van der Waals surface area contributed by atoms with E-state index in [2.05, 4.69) is 5.10 Å². The lowest BCUT2D eigenvalue weighted by Gasteiger charge is -2.24. The van der Waals surface area contributed by atoms with Crippen LogP contribution in [-0.4, -0.2) is 40.8 Å². The van der Waals surface area contributed by atoms with Crippen molar-refractivity contribution in [3.8, 4) is 11.5 Å². The zero-order valence-electron chi connectivity index (χ0n) is 16.5. The molecule has 3 aromatic rings. The highest BCUT2D eigenvalue weighted by Gasteiger charge is 2.33. The molecule has 0 aliphatic heterocycles. The molecule has 1 amide bonds. The minimum absolute atomic E-state index is 0.0429. The van der Waals surface area contributed by atoms with Crippen LogP contribution in [0.1, 0.15) is 18.4 Å². The van der Waals surface area contributed by atoms with Gasteiger partial charge in [0.05, 0.1) is 25.9 Å². The van der Waals surface area contributed by atoms with Crippen LogP contribution >= 0.6 is 0 Å². The average molecular weight is 393 g/mol. The molecule has 0 bridgehead atoms. The number of fused-ring (bicyclic) bond motifs is 1. The van der Waals surface area contributed by atoms with Crippen molar-refractivity contribution in [2.75, 3.05) is 14.2 Å². The zero-order valence-corrected chi connectivity index (χ0v) is 16.5. The highest BCUT2D eigenvalue weighted by atomic mass is 16.5. The fraction of sp³-hybridized carbons (Fsp3) is 0.318. The average Bonchev–Trinajstić information content (AvgIpc) is 3.59. The molecule has 1 aromatic heterocycles. The third-order valence-electron chi connectivity index (χ3n) is 5.18. The molecule has 1 fully saturated rings. The summed E-state index contributed by atoms with van der Waals surface area (Å²) in [6, 6.07) is 13.0. The standard InChI is InChI=1S/C22H23N3O4/c1-28-17-9-10-21(29-2)15(11-17)13-24(16-7-8-16)22(27)14-25-19-6-4-3-5-18(19)20(26)12-23-25/h3-6,9-12,16H,7-8,13-14H2,1-2H3. The number of aromatic nitrogens is 2. The van der Waals surface area contributed by atoms with Crippen LogP contribution in [-0.2, 0) is 17.9 Å². The Kier molecular flexibility index (Phi) is 5.20. The van der Waals surface area contributed by atoms with Gasteiger partial charge >= 0.3 is 0 Å². The summed E-state index contributed by atoms with van der Waals surface area (Å²) in [5.74, 6) is 1.40. The van der Waals surface area contributed by atoms with E-state index in [0.717, 1.165) is 29.9 Å². The number of benzene rings is 2. The van der Waals surface area contributed by atoms with E-state index >= 15 is 0 Å². The maximum absolute atomic E-state index is 13.2. The molecule has 4 rings (SSSR count). The van der Waals surface area contributed by atoms with Gasteiger partial charge in [0.2, 0.25) is 11.3 Å². The second-order valence-corrected chi connectivity index (χ2v) is 7.11. The molecule has 29 heavy (non-hydrogen) atoms. The summed E-state index contributed by atoms with van der Waals surface area (Å²) in [5.41, 5.74) is 1.40. The first-order valence-electron chi connectivity index (χ1n) is 9.56. The van der Waals surface area contributed by atoms with Crippen molar-refractivity contribution in [2.45, 2.75) is 32.0 Å². The Hall–Kier alpha value is -3.35. The highest BCUT2D eigenvalue weighted by Crippen LogP contribution is 2.32. The Morgan fingerprint density at radius 3 is 2.69 bits per heavy atom. The molecule has 1 aliphatic rings. The monoisotopic (exact) mass is 393 g/mol. The summed E-state index contributed by atoms with van der Waals surface area (Å²) in [7, 11) is 3.23. The Morgan fingerprint density at radius 2 is 1.97 bits per heavy atom. The summed E-state index contributed by atoms with van der Waals surface area (Å²) in [5, 5.41) is 4.75. The van der Waals surface area contributed by atoms with E-state index in [0.29, 0.717) is 17.4 Å². The number of ether oxygens (including phenoxy) is 2. The molecule has 7 heteroatoms. The van der Waals surface area contributed by atoms with Gasteiger partial charge < -0.3 is 14.4 Å². The lowest BCUT2D eigenvalue weighted by Crippen LogP contribution is -2.36. The fourth-order valence-corrected chi connectivity index (χ4v) is 3.50. The van der Waals surface area contributed by atoms with Gasteiger partial charge in [-0.3, -0.25) is 14.3 Å². The Labute approximate surface area is 168 Å². The van der Waals surface area contributed by atoms with E-state index < -0.39 is 0 Å². The van der Waals surface area contributed by atoms with Crippen molar-refractivity contribution in [1.82, 2.24) is 14.7 Å². The number of carbonyl (C=O) groups excluding carboxylic acids is 1. The van der Waals surface area contributed by atoms with Crippen LogP contribution in [0.2, 0.25) is 0 Å². The minimum atomic E-state index is -0.149. The van der Waals surface area contributed by atoms with Gasteiger partial charge in [-0.25, -0.2) is 0 Å². The van der Waals surface area contributed by atoms with Crippen LogP contribution in [0, 0.1) is 0 Å². The maximum Gasteiger partial charge on any atom is 0.244 e. The Bertz CT molecular complexity index is 1100. The Balaban J connectivity index is 1.62. The maximum atomic E-state index is 13.2. The predicted molar refractivity (Wildman–Crippen MR) is 109 cm³/mol. The van der Waals surface area contributed by atoms with E-state index in [1.54, 1.807) is 25.0 Å². The summed E-state index contributed by atoms with van der Waals surface area (Å²) in [6.45, 7) is 0.506. The van der Waals surface area contributed by atoms with E-state index in [1.807, 2.05) is 41.3 Å². The van der Waals surface area contributed by atoms with Gasteiger partial charge in [0, 0.05) is 23.5 Å². The smallest absolute Gasteiger partial charge is 0.244 e. The van der Waals surface area contributed by atoms with E-state index in [1.165, 1.54) is 6.20 Å². The molecule has 0 saturated heterocycles. The van der Waals surface area contributed by atoms with Gasteiger partial charge in [-0.15, -0.1) is 0 Å². The van der Waals surface area contributed by atoms with E-state index in [-0.39, 0.29) is 23.9 Å². The largest absolute Gasteiger partial charge is 0.497 e. The van der Waals surface area contributed by atoms with Gasteiger partial charge in [0.25, 0.3) is 0 Å². The van der Waals surface area contributed by atoms with Crippen LogP contribution in [0.3, 0.4) is 0 Å². The number of para-hydroxylation sites is 1. The fourth-order valence-electron chi connectivity index (χ4n) is 3.50. The molecule has 0 unspecified atom stereocenters. The van der Waals surface area contributed by atoms with Gasteiger partial charge in [-0.05, 0) is 43.2 Å². The molecular formula is C22H23N3O4. The topological polar surface area (TPSA) is 73.7 Å². The lowest BCUT2D eigenvalue weighted by atomic mass is 10.1. The summed E-state index contributed by atoms with van der Waals surface area (Å²) in [6.07, 6.45) is 3.23. The van der Waals surface area contributed by atoms with Gasteiger partial charge in [-0.1, -0.05) is 12.1 Å². The normalized spacial score (nSPS) is 13.3. The number of nitrogens with zero attached hydrogens (tertiary/aromatic N) is 3. The Morgan fingerprint density at radius 1 is 1.17 bits per heavy atom. The first-order valence-corrected chi connectivity index (χ1v) is 9.56. The number of hydrogen-bond acceptors (Lipinski definition) is 5. The second-order valence-electron chi connectivity index (χ2n) is 7.11. The quantitative estimate of drug-likeness (QED) is 0.617. The minimum Gasteiger partial charge on any atom is -0.497 e. The molecule has 1 aliphatic carbocycles. The number of hydrogen-bond donors (Lipinski definition) is 0. The molecule has 0 N–H and O–H groups in total. The molecule has 1 saturated carbocycles. The van der Waals surface area contributed by atoms with Crippen molar-refractivity contribution >= 4 is 16.8 Å². The summed E-state index contributed by atoms with van der Waals surface area (Å²) in [4.78, 5) is 27.1. The van der Waals surface area contributed by atoms with Crippen molar-refractivity contribution in [3.63, 3.8) is 0 Å². The molecule has 0 atom stereocenters. The SMILES string of the molecule is COc1ccc(OC)c(CN(C(=O)Cn2ncc(=O)c3ccccc32)C2CC2)c1. The van der Waals surface area contributed by atoms with Crippen LogP contribution in [0.25, 0.3) is 10.9 Å². The van der Waals surface area contributed by atoms with Crippen LogP contribution < -0.4 is 14.9 Å². The third-order valence-corrected chi connectivity index (χ3v) is 5.18. The van der Waals surface area contributed by atoms with Crippen molar-refractivity contribution in [2.24, 2.45) is 0 Å². The molecule has 1 heterocycles. The zero-order chi connectivity index (χ0) is 20.4. The molecule has 7 nitrogen and oxygen atoms in total. The molecule has 0 radical (unpaired) electrons. The number of carbonyl (C=O) groups is 1. The van der Waals surface area contributed by atoms with Gasteiger partial charge in [-0.2, -0.15) is 5.10 Å². The van der Waals surface area contributed by atoms with Crippen LogP contribution in [0.15, 0.2) is 53.5 Å². The van der Waals surface area contributed by atoms with Crippen molar-refractivity contribution < 1.29 is 14.3 Å². The first kappa shape index (κ1) is 19.0. The van der Waals surface area contributed by atoms with Crippen LogP contribution in [0.4, 0.5) is 0 Å². The van der Waals surface area contributed by atoms with Crippen molar-refractivity contribution in [3.05, 3.63) is 64.4 Å². The molecule has 150 valence electrons. The first-order chi connectivity index (χ1) is 14.1. The van der Waals surface area contributed by atoms with E-state index in [4.69, 9.17) is 9.47 Å². The van der Waals surface area contributed by atoms with Crippen molar-refractivity contribution in [1.29, 1.82) is 0 Å². The van der Waals surface area contributed by atoms with Crippen LogP contribution in [0.5, 0.6) is 11.5 Å². The highest BCUT2D eigenvalue weighted by molar-refractivity contribution is 5.82. The number of amides is 1. The number of rotatable bonds is 7. The predicted octanol–water partition coefficient (Wildman–Crippen LogP) is 2.60. The third kappa shape index (κ3) is 3.94. The molecule has 2 aromatic carbocycles. The van der Waals surface area contributed by atoms with Gasteiger partial charge in [0.1, 0.15) is 18.0 Å². The second kappa shape index (κ2) is 7.95. The summed E-state index contributed by atoms with van der Waals surface area (Å²) < 4.78 is 12.4. The van der Waals surface area contributed by atoms with E-state index in [9.17, 15) is 9.59 Å². The van der Waals surface area contributed by atoms with Gasteiger partial charge in [0.15, 0.2) is 0 Å². The molecular weight excluding hydrogens is 370 g/mol. The summed E-state index contributed by atoms with van der Waals surface area (Å²) >= 11 is 0. The lowest BCUT2D eigenvalue weighted by molar-refractivity contribution is -0.133. The molecule has 0 spiro atoms.